The van der Waals surface area contributed by atoms with Crippen LogP contribution >= 0.6 is 11.3 Å². The first-order chi connectivity index (χ1) is 9.35. The van der Waals surface area contributed by atoms with Gasteiger partial charge < -0.3 is 9.52 Å². The fraction of sp³-hybridized carbons (Fsp3) is 0.250. The summed E-state index contributed by atoms with van der Waals surface area (Å²) in [6.45, 7) is 0.554. The van der Waals surface area contributed by atoms with Gasteiger partial charge in [0.05, 0.1) is 11.1 Å². The van der Waals surface area contributed by atoms with Gasteiger partial charge in [0, 0.05) is 12.8 Å². The van der Waals surface area contributed by atoms with Crippen molar-refractivity contribution in [1.29, 1.82) is 0 Å². The van der Waals surface area contributed by atoms with E-state index in [1.807, 2.05) is 23.7 Å². The molecule has 0 saturated carbocycles. The van der Waals surface area contributed by atoms with Crippen LogP contribution in [-0.4, -0.2) is 31.7 Å². The first kappa shape index (κ1) is 12.1. The highest BCUT2D eigenvalue weighted by molar-refractivity contribution is 7.13. The summed E-state index contributed by atoms with van der Waals surface area (Å²) in [5.41, 5.74) is 0.987. The summed E-state index contributed by atoms with van der Waals surface area (Å²) in [5.74, 6) is 1.05. The van der Waals surface area contributed by atoms with Crippen molar-refractivity contribution < 1.29 is 9.52 Å². The largest absolute Gasteiger partial charge is 0.418 e. The van der Waals surface area contributed by atoms with Crippen molar-refractivity contribution in [1.82, 2.24) is 20.0 Å². The van der Waals surface area contributed by atoms with Crippen LogP contribution in [0.1, 0.15) is 11.5 Å². The van der Waals surface area contributed by atoms with Gasteiger partial charge in [0.25, 0.3) is 5.89 Å². The van der Waals surface area contributed by atoms with Gasteiger partial charge in [-0.3, -0.25) is 4.68 Å². The van der Waals surface area contributed by atoms with E-state index in [2.05, 4.69) is 15.3 Å². The lowest BCUT2D eigenvalue weighted by molar-refractivity contribution is 0.299. The van der Waals surface area contributed by atoms with Gasteiger partial charge in [-0.25, -0.2) is 0 Å². The number of hydrogen-bond acceptors (Lipinski definition) is 6. The second-order valence-corrected chi connectivity index (χ2v) is 4.95. The van der Waals surface area contributed by atoms with Crippen molar-refractivity contribution >= 4 is 11.3 Å². The Labute approximate surface area is 113 Å². The summed E-state index contributed by atoms with van der Waals surface area (Å²) in [7, 11) is 0. The molecule has 0 bridgehead atoms. The van der Waals surface area contributed by atoms with Crippen molar-refractivity contribution in [2.24, 2.45) is 0 Å². The second kappa shape index (κ2) is 5.33. The topological polar surface area (TPSA) is 77.0 Å². The van der Waals surface area contributed by atoms with Crippen LogP contribution in [0.3, 0.4) is 0 Å². The van der Waals surface area contributed by atoms with Gasteiger partial charge in [0.2, 0.25) is 5.89 Å². The smallest absolute Gasteiger partial charge is 0.257 e. The van der Waals surface area contributed by atoms with Crippen molar-refractivity contribution in [3.05, 3.63) is 41.4 Å². The summed E-state index contributed by atoms with van der Waals surface area (Å²) < 4.78 is 7.30. The van der Waals surface area contributed by atoms with Crippen LogP contribution in [0.5, 0.6) is 0 Å². The van der Waals surface area contributed by atoms with Gasteiger partial charge in [-0.05, 0) is 23.4 Å². The molecule has 19 heavy (non-hydrogen) atoms. The van der Waals surface area contributed by atoms with Crippen LogP contribution in [0.25, 0.3) is 10.8 Å². The molecule has 7 heteroatoms. The van der Waals surface area contributed by atoms with E-state index in [-0.39, 0.29) is 6.61 Å². The minimum atomic E-state index is 0.120. The van der Waals surface area contributed by atoms with Crippen LogP contribution in [0.15, 0.2) is 34.3 Å². The lowest BCUT2D eigenvalue weighted by atomic mass is 10.3. The Morgan fingerprint density at radius 1 is 1.37 bits per heavy atom. The maximum Gasteiger partial charge on any atom is 0.257 e. The van der Waals surface area contributed by atoms with E-state index in [4.69, 9.17) is 9.52 Å². The lowest BCUT2D eigenvalue weighted by Crippen LogP contribution is -2.00. The van der Waals surface area contributed by atoms with Crippen molar-refractivity contribution in [2.45, 2.75) is 13.0 Å². The molecule has 3 heterocycles. The van der Waals surface area contributed by atoms with Crippen molar-refractivity contribution in [3.8, 4) is 10.8 Å². The number of aromatic nitrogens is 4. The Hall–Kier alpha value is -1.99. The SMILES string of the molecule is OCCc1cnn(Cc2nnc(-c3cccs3)o2)c1. The van der Waals surface area contributed by atoms with Crippen molar-refractivity contribution in [3.63, 3.8) is 0 Å². The summed E-state index contributed by atoms with van der Waals surface area (Å²) >= 11 is 1.56. The Morgan fingerprint density at radius 3 is 3.11 bits per heavy atom. The molecular weight excluding hydrogens is 264 g/mol. The molecule has 0 fully saturated rings. The predicted molar refractivity (Wildman–Crippen MR) is 69.7 cm³/mol. The molecule has 0 aliphatic heterocycles. The van der Waals surface area contributed by atoms with Gasteiger partial charge in [-0.2, -0.15) is 5.10 Å². The van der Waals surface area contributed by atoms with Crippen LogP contribution in [0, 0.1) is 0 Å². The normalized spacial score (nSPS) is 11.0. The molecule has 0 saturated heterocycles. The van der Waals surface area contributed by atoms with Gasteiger partial charge >= 0.3 is 0 Å². The fourth-order valence-electron chi connectivity index (χ4n) is 1.71. The molecule has 98 valence electrons. The summed E-state index contributed by atoms with van der Waals surface area (Å²) in [5, 5.41) is 23.0. The number of aliphatic hydroxyl groups excluding tert-OH is 1. The summed E-state index contributed by atoms with van der Waals surface area (Å²) in [6, 6.07) is 3.88. The third-order valence-corrected chi connectivity index (χ3v) is 3.44. The molecule has 6 nitrogen and oxygen atoms in total. The first-order valence-corrected chi connectivity index (χ1v) is 6.71. The highest BCUT2D eigenvalue weighted by Crippen LogP contribution is 2.23. The van der Waals surface area contributed by atoms with Crippen LogP contribution in [0.2, 0.25) is 0 Å². The van der Waals surface area contributed by atoms with Gasteiger partial charge in [0.1, 0.15) is 6.54 Å². The lowest BCUT2D eigenvalue weighted by Gasteiger charge is -1.95. The maximum atomic E-state index is 8.85. The Morgan fingerprint density at radius 2 is 2.32 bits per heavy atom. The third kappa shape index (κ3) is 2.72. The van der Waals surface area contributed by atoms with E-state index in [1.165, 1.54) is 0 Å². The number of nitrogens with zero attached hydrogens (tertiary/aromatic N) is 4. The Balaban J connectivity index is 1.72. The van der Waals surface area contributed by atoms with E-state index in [0.29, 0.717) is 24.7 Å². The average molecular weight is 276 g/mol. The molecule has 3 aromatic heterocycles. The zero-order valence-corrected chi connectivity index (χ0v) is 10.9. The van der Waals surface area contributed by atoms with E-state index >= 15 is 0 Å². The number of aliphatic hydroxyl groups is 1. The van der Waals surface area contributed by atoms with E-state index in [9.17, 15) is 0 Å². The quantitative estimate of drug-likeness (QED) is 0.765. The standard InChI is InChI=1S/C12H12N4O2S/c17-4-3-9-6-13-16(7-9)8-11-14-15-12(18-11)10-2-1-5-19-10/h1-2,5-7,17H,3-4,8H2. The zero-order valence-electron chi connectivity index (χ0n) is 10.1. The summed E-state index contributed by atoms with van der Waals surface area (Å²) in [4.78, 5) is 0.959. The molecule has 0 spiro atoms. The highest BCUT2D eigenvalue weighted by Gasteiger charge is 2.10. The van der Waals surface area contributed by atoms with Crippen LogP contribution in [0.4, 0.5) is 0 Å². The number of thiophene rings is 1. The van der Waals surface area contributed by atoms with E-state index in [1.54, 1.807) is 22.2 Å². The molecule has 0 aliphatic rings. The third-order valence-electron chi connectivity index (χ3n) is 2.58. The molecule has 1 N–H and O–H groups in total. The molecule has 0 aliphatic carbocycles. The minimum Gasteiger partial charge on any atom is -0.418 e. The maximum absolute atomic E-state index is 8.85. The van der Waals surface area contributed by atoms with Gasteiger partial charge in [0.15, 0.2) is 0 Å². The van der Waals surface area contributed by atoms with E-state index < -0.39 is 0 Å². The van der Waals surface area contributed by atoms with Crippen LogP contribution < -0.4 is 0 Å². The Bertz CT molecular complexity index is 644. The molecule has 0 unspecified atom stereocenters. The second-order valence-electron chi connectivity index (χ2n) is 4.00. The molecule has 3 rings (SSSR count). The molecule has 0 aromatic carbocycles. The summed E-state index contributed by atoms with van der Waals surface area (Å²) in [6.07, 6.45) is 4.20. The van der Waals surface area contributed by atoms with E-state index in [0.717, 1.165) is 10.4 Å². The minimum absolute atomic E-state index is 0.120. The average Bonchev–Trinajstić information content (AvgIpc) is 3.10. The molecular formula is C12H12N4O2S. The highest BCUT2D eigenvalue weighted by atomic mass is 32.1. The first-order valence-electron chi connectivity index (χ1n) is 5.83. The van der Waals surface area contributed by atoms with Gasteiger partial charge in [-0.15, -0.1) is 21.5 Å². The number of hydrogen-bond donors (Lipinski definition) is 1. The molecule has 3 aromatic rings. The zero-order chi connectivity index (χ0) is 13.1. The Kier molecular flexibility index (Phi) is 3.39. The molecule has 0 atom stereocenters. The molecule has 0 radical (unpaired) electrons. The van der Waals surface area contributed by atoms with Crippen molar-refractivity contribution in [2.75, 3.05) is 6.61 Å². The fourth-order valence-corrected chi connectivity index (χ4v) is 2.35. The predicted octanol–water partition coefficient (Wildman–Crippen LogP) is 1.58. The monoisotopic (exact) mass is 276 g/mol. The van der Waals surface area contributed by atoms with Gasteiger partial charge in [-0.1, -0.05) is 6.07 Å². The number of rotatable bonds is 5. The van der Waals surface area contributed by atoms with Crippen LogP contribution in [-0.2, 0) is 13.0 Å². The molecule has 0 amide bonds.